The number of nitrogens with one attached hydrogen (secondary N) is 2. The quantitative estimate of drug-likeness (QED) is 0.311. The summed E-state index contributed by atoms with van der Waals surface area (Å²) < 4.78 is 22.6. The largest absolute Gasteiger partial charge is 0.484 e. The number of aromatic amines is 2. The van der Waals surface area contributed by atoms with E-state index in [0.717, 1.165) is 38.8 Å². The first-order valence-electron chi connectivity index (χ1n) is 11.0. The zero-order chi connectivity index (χ0) is 23.9. The number of nitrogens with zero attached hydrogens (tertiary/aromatic N) is 4. The Hall–Kier alpha value is -4.17. The third-order valence-corrected chi connectivity index (χ3v) is 6.23. The number of hydrogen-bond acceptors (Lipinski definition) is 4. The summed E-state index contributed by atoms with van der Waals surface area (Å²) in [6.45, 7) is 0.151. The number of halogens is 2. The predicted octanol–water partition coefficient (Wildman–Crippen LogP) is 5.80. The highest BCUT2D eigenvalue weighted by atomic mass is 35.5. The first kappa shape index (κ1) is 21.4. The topological polar surface area (TPSA) is 84.4 Å². The van der Waals surface area contributed by atoms with Crippen molar-refractivity contribution in [2.75, 3.05) is 0 Å². The summed E-state index contributed by atoms with van der Waals surface area (Å²) in [6.07, 6.45) is 7.72. The van der Waals surface area contributed by atoms with Gasteiger partial charge in [0, 0.05) is 54.6 Å². The number of para-hydroxylation sites is 2. The van der Waals surface area contributed by atoms with Gasteiger partial charge in [0.15, 0.2) is 0 Å². The fraction of sp³-hybridized carbons (Fsp3) is 0.115. The highest BCUT2D eigenvalue weighted by molar-refractivity contribution is 6.32. The number of H-pyrrole nitrogens is 2. The van der Waals surface area contributed by atoms with Crippen LogP contribution >= 0.6 is 11.6 Å². The number of fused-ring (bicyclic) bond motifs is 2. The normalized spacial score (nSPS) is 11.5. The molecule has 0 aliphatic carbocycles. The van der Waals surface area contributed by atoms with Crippen molar-refractivity contribution in [2.24, 2.45) is 7.05 Å². The van der Waals surface area contributed by atoms with Crippen LogP contribution in [0.2, 0.25) is 5.02 Å². The average Bonchev–Trinajstić information content (AvgIpc) is 3.58. The molecule has 0 saturated heterocycles. The fourth-order valence-electron chi connectivity index (χ4n) is 4.17. The zero-order valence-electron chi connectivity index (χ0n) is 18.7. The molecule has 9 heteroatoms. The number of rotatable bonds is 6. The molecule has 35 heavy (non-hydrogen) atoms. The lowest BCUT2D eigenvalue weighted by Crippen LogP contribution is -2.00. The maximum absolute atomic E-state index is 15.1. The molecule has 0 aliphatic rings. The summed E-state index contributed by atoms with van der Waals surface area (Å²) in [7, 11) is 1.87. The third-order valence-electron chi connectivity index (χ3n) is 5.94. The van der Waals surface area contributed by atoms with E-state index in [1.807, 2.05) is 49.8 Å². The first-order chi connectivity index (χ1) is 17.0. The number of aryl methyl sites for hydroxylation is 1. The van der Waals surface area contributed by atoms with Crippen molar-refractivity contribution in [3.63, 3.8) is 0 Å². The highest BCUT2D eigenvalue weighted by Gasteiger charge is 2.15. The summed E-state index contributed by atoms with van der Waals surface area (Å²) in [6, 6.07) is 12.7. The average molecular weight is 487 g/mol. The van der Waals surface area contributed by atoms with Crippen LogP contribution in [0.25, 0.3) is 33.2 Å². The highest BCUT2D eigenvalue weighted by Crippen LogP contribution is 2.31. The molecule has 6 aromatic rings. The Morgan fingerprint density at radius 1 is 1.09 bits per heavy atom. The van der Waals surface area contributed by atoms with E-state index in [4.69, 9.17) is 16.3 Å². The van der Waals surface area contributed by atoms with E-state index in [9.17, 15) is 0 Å². The Morgan fingerprint density at radius 3 is 2.80 bits per heavy atom. The van der Waals surface area contributed by atoms with Crippen LogP contribution in [-0.4, -0.2) is 29.7 Å². The molecule has 2 N–H and O–H groups in total. The molecule has 0 unspecified atom stereocenters. The zero-order valence-corrected chi connectivity index (χ0v) is 19.5. The Bertz CT molecular complexity index is 1650. The van der Waals surface area contributed by atoms with Crippen molar-refractivity contribution >= 4 is 33.7 Å². The molecule has 6 rings (SSSR count). The minimum absolute atomic E-state index is 0.151. The van der Waals surface area contributed by atoms with Gasteiger partial charge >= 0.3 is 0 Å². The van der Waals surface area contributed by atoms with Crippen LogP contribution in [0.1, 0.15) is 17.0 Å². The van der Waals surface area contributed by atoms with Crippen LogP contribution in [0.4, 0.5) is 4.39 Å². The standard InChI is InChI=1S/C26H20ClFN6O/c1-34-13-18(12-31-34)16-7-19-17(11-30-26(19)29-10-16)6-15-8-20(27)24(9-21(15)28)35-14-25-32-22-4-2-3-5-23(22)33-25/h2-5,7-13H,6,14H2,1H3,(H,29,30)(H,32,33). The number of aromatic nitrogens is 6. The smallest absolute Gasteiger partial charge is 0.146 e. The number of hydrogen-bond donors (Lipinski definition) is 2. The molecule has 0 spiro atoms. The van der Waals surface area contributed by atoms with E-state index in [1.165, 1.54) is 6.07 Å². The Balaban J connectivity index is 1.24. The maximum atomic E-state index is 15.1. The SMILES string of the molecule is Cn1cc(-c2cnc3[nH]cc(Cc4cc(Cl)c(OCc5nc6ccccc6[nH]5)cc4F)c3c2)cn1. The molecule has 4 aromatic heterocycles. The van der Waals surface area contributed by atoms with E-state index in [0.29, 0.717) is 22.8 Å². The number of imidazole rings is 1. The summed E-state index contributed by atoms with van der Waals surface area (Å²) in [5.41, 5.74) is 5.80. The summed E-state index contributed by atoms with van der Waals surface area (Å²) in [4.78, 5) is 15.3. The molecule has 2 aromatic carbocycles. The van der Waals surface area contributed by atoms with Crippen LogP contribution in [0, 0.1) is 5.82 Å². The molecule has 0 saturated carbocycles. The van der Waals surface area contributed by atoms with Crippen LogP contribution in [-0.2, 0) is 20.1 Å². The van der Waals surface area contributed by atoms with Gasteiger partial charge in [-0.1, -0.05) is 23.7 Å². The van der Waals surface area contributed by atoms with Crippen LogP contribution in [0.5, 0.6) is 5.75 Å². The summed E-state index contributed by atoms with van der Waals surface area (Å²) in [5, 5.41) is 5.49. The lowest BCUT2D eigenvalue weighted by atomic mass is 10.0. The molecule has 4 heterocycles. The summed E-state index contributed by atoms with van der Waals surface area (Å²) in [5.74, 6) is 0.523. The maximum Gasteiger partial charge on any atom is 0.146 e. The van der Waals surface area contributed by atoms with E-state index in [-0.39, 0.29) is 18.2 Å². The predicted molar refractivity (Wildman–Crippen MR) is 133 cm³/mol. The number of ether oxygens (including phenoxy) is 1. The minimum Gasteiger partial charge on any atom is -0.484 e. The van der Waals surface area contributed by atoms with Gasteiger partial charge in [0.1, 0.15) is 29.6 Å². The van der Waals surface area contributed by atoms with E-state index in [1.54, 1.807) is 23.1 Å². The van der Waals surface area contributed by atoms with E-state index >= 15 is 4.39 Å². The van der Waals surface area contributed by atoms with Crippen LogP contribution in [0.3, 0.4) is 0 Å². The molecule has 0 atom stereocenters. The lowest BCUT2D eigenvalue weighted by Gasteiger charge is -2.10. The second-order valence-corrected chi connectivity index (χ2v) is 8.78. The van der Waals surface area contributed by atoms with Gasteiger partial charge in [0.05, 0.1) is 22.3 Å². The molecule has 0 fully saturated rings. The molecule has 174 valence electrons. The van der Waals surface area contributed by atoms with Crippen molar-refractivity contribution in [3.8, 4) is 16.9 Å². The fourth-order valence-corrected chi connectivity index (χ4v) is 4.41. The monoisotopic (exact) mass is 486 g/mol. The molecule has 0 aliphatic heterocycles. The molecular weight excluding hydrogens is 467 g/mol. The van der Waals surface area contributed by atoms with Gasteiger partial charge in [-0.25, -0.2) is 14.4 Å². The van der Waals surface area contributed by atoms with Gasteiger partial charge in [-0.05, 0) is 35.4 Å². The Morgan fingerprint density at radius 2 is 1.97 bits per heavy atom. The molecule has 0 radical (unpaired) electrons. The van der Waals surface area contributed by atoms with Crippen molar-refractivity contribution < 1.29 is 9.13 Å². The molecular formula is C26H20ClFN6O. The molecule has 0 amide bonds. The first-order valence-corrected chi connectivity index (χ1v) is 11.4. The van der Waals surface area contributed by atoms with Crippen molar-refractivity contribution in [1.29, 1.82) is 0 Å². The van der Waals surface area contributed by atoms with E-state index in [2.05, 4.69) is 25.0 Å². The Kier molecular flexibility index (Phi) is 5.22. The van der Waals surface area contributed by atoms with Gasteiger partial charge in [0.2, 0.25) is 0 Å². The number of benzene rings is 2. The number of pyridine rings is 1. The van der Waals surface area contributed by atoms with Gasteiger partial charge in [-0.3, -0.25) is 4.68 Å². The van der Waals surface area contributed by atoms with Crippen molar-refractivity contribution in [2.45, 2.75) is 13.0 Å². The van der Waals surface area contributed by atoms with Crippen molar-refractivity contribution in [1.82, 2.24) is 29.7 Å². The molecule has 0 bridgehead atoms. The summed E-state index contributed by atoms with van der Waals surface area (Å²) >= 11 is 6.46. The third kappa shape index (κ3) is 4.13. The van der Waals surface area contributed by atoms with Crippen molar-refractivity contribution in [3.05, 3.63) is 95.0 Å². The minimum atomic E-state index is -0.389. The second-order valence-electron chi connectivity index (χ2n) is 8.38. The second kappa shape index (κ2) is 8.56. The van der Waals surface area contributed by atoms with E-state index < -0.39 is 0 Å². The van der Waals surface area contributed by atoms with Gasteiger partial charge in [0.25, 0.3) is 0 Å². The van der Waals surface area contributed by atoms with Gasteiger partial charge in [-0.15, -0.1) is 0 Å². The molecule has 7 nitrogen and oxygen atoms in total. The van der Waals surface area contributed by atoms with Gasteiger partial charge in [-0.2, -0.15) is 5.10 Å². The lowest BCUT2D eigenvalue weighted by molar-refractivity contribution is 0.296. The van der Waals surface area contributed by atoms with Gasteiger partial charge < -0.3 is 14.7 Å². The van der Waals surface area contributed by atoms with Crippen LogP contribution < -0.4 is 4.74 Å². The Labute approximate surface area is 204 Å². The van der Waals surface area contributed by atoms with Crippen LogP contribution in [0.15, 0.2) is 67.3 Å².